The largest absolute Gasteiger partial charge is 0.497 e. The Bertz CT molecular complexity index is 998. The molecule has 0 saturated carbocycles. The van der Waals surface area contributed by atoms with Crippen molar-refractivity contribution in [3.8, 4) is 5.75 Å². The van der Waals surface area contributed by atoms with Crippen LogP contribution in [0, 0.1) is 5.92 Å². The highest BCUT2D eigenvalue weighted by Crippen LogP contribution is 2.51. The predicted octanol–water partition coefficient (Wildman–Crippen LogP) is 3.29. The van der Waals surface area contributed by atoms with Gasteiger partial charge in [-0.25, -0.2) is 0 Å². The highest BCUT2D eigenvalue weighted by Gasteiger charge is 2.59. The molecule has 2 heterocycles. The Morgan fingerprint density at radius 2 is 1.91 bits per heavy atom. The van der Waals surface area contributed by atoms with E-state index >= 15 is 0 Å². The van der Waals surface area contributed by atoms with E-state index in [0.717, 1.165) is 18.4 Å². The van der Waals surface area contributed by atoms with Crippen molar-refractivity contribution < 1.29 is 24.2 Å². The molecule has 0 aliphatic carbocycles. The fourth-order valence-corrected chi connectivity index (χ4v) is 5.62. The minimum Gasteiger partial charge on any atom is -0.497 e. The van der Waals surface area contributed by atoms with E-state index in [2.05, 4.69) is 0 Å². The van der Waals surface area contributed by atoms with E-state index in [9.17, 15) is 14.7 Å². The van der Waals surface area contributed by atoms with Crippen LogP contribution in [-0.4, -0.2) is 72.8 Å². The van der Waals surface area contributed by atoms with Gasteiger partial charge in [0, 0.05) is 38.3 Å². The molecule has 2 saturated heterocycles. The van der Waals surface area contributed by atoms with Gasteiger partial charge in [-0.05, 0) is 49.4 Å². The van der Waals surface area contributed by atoms with Crippen LogP contribution in [0.15, 0.2) is 54.6 Å². The number of hydrogen-bond acceptors (Lipinski definition) is 5. The standard InChI is InChI=1S/C27H34N2O5/c1-33-16-15-28-14-7-6-13-27(26(28)32)18-22(19-30)24(20-9-4-3-5-10-20)29(27)25(31)21-11-8-12-23(17-21)34-2/h3-5,8-12,17,22,24,30H,6-7,13-16,18-19H2,1-2H3/t22-,24+,27+/m1/s1. The lowest BCUT2D eigenvalue weighted by atomic mass is 9.85. The number of ether oxygens (including phenoxy) is 2. The molecule has 0 bridgehead atoms. The van der Waals surface area contributed by atoms with Gasteiger partial charge in [-0.3, -0.25) is 9.59 Å². The summed E-state index contributed by atoms with van der Waals surface area (Å²) < 4.78 is 10.6. The second-order valence-corrected chi connectivity index (χ2v) is 9.18. The summed E-state index contributed by atoms with van der Waals surface area (Å²) in [5.74, 6) is 0.0760. The number of aliphatic hydroxyl groups excluding tert-OH is 1. The molecular weight excluding hydrogens is 432 g/mol. The van der Waals surface area contributed by atoms with E-state index in [1.54, 1.807) is 43.4 Å². The molecule has 0 radical (unpaired) electrons. The van der Waals surface area contributed by atoms with E-state index in [1.165, 1.54) is 0 Å². The first-order chi connectivity index (χ1) is 16.6. The average molecular weight is 467 g/mol. The number of benzene rings is 2. The minimum absolute atomic E-state index is 0.0461. The van der Waals surface area contributed by atoms with Gasteiger partial charge in [-0.2, -0.15) is 0 Å². The maximum Gasteiger partial charge on any atom is 0.255 e. The van der Waals surface area contributed by atoms with Crippen molar-refractivity contribution in [1.29, 1.82) is 0 Å². The quantitative estimate of drug-likeness (QED) is 0.678. The summed E-state index contributed by atoms with van der Waals surface area (Å²) in [6.07, 6.45) is 2.71. The molecule has 0 unspecified atom stereocenters. The maximum absolute atomic E-state index is 14.2. The molecule has 182 valence electrons. The Labute approximate surface area is 201 Å². The van der Waals surface area contributed by atoms with Gasteiger partial charge in [0.05, 0.1) is 19.8 Å². The predicted molar refractivity (Wildman–Crippen MR) is 129 cm³/mol. The molecule has 1 N–H and O–H groups in total. The van der Waals surface area contributed by atoms with Gasteiger partial charge in [-0.1, -0.05) is 36.4 Å². The van der Waals surface area contributed by atoms with Crippen LogP contribution in [0.3, 0.4) is 0 Å². The van der Waals surface area contributed by atoms with Crippen molar-refractivity contribution in [2.45, 2.75) is 37.3 Å². The number of hydrogen-bond donors (Lipinski definition) is 1. The Balaban J connectivity index is 1.85. The topological polar surface area (TPSA) is 79.3 Å². The van der Waals surface area contributed by atoms with Gasteiger partial charge in [0.2, 0.25) is 5.91 Å². The first-order valence-corrected chi connectivity index (χ1v) is 12.0. The van der Waals surface area contributed by atoms with Gasteiger partial charge in [0.25, 0.3) is 5.91 Å². The SMILES string of the molecule is COCCN1CCCC[C@]2(C[C@H](CO)[C@H](c3ccccc3)N2C(=O)c2cccc(OC)c2)C1=O. The molecular formula is C27H34N2O5. The minimum atomic E-state index is -1.02. The monoisotopic (exact) mass is 466 g/mol. The van der Waals surface area contributed by atoms with Gasteiger partial charge in [-0.15, -0.1) is 0 Å². The molecule has 7 heteroatoms. The summed E-state index contributed by atoms with van der Waals surface area (Å²) in [5, 5.41) is 10.4. The van der Waals surface area contributed by atoms with Gasteiger partial charge in [0.1, 0.15) is 11.3 Å². The van der Waals surface area contributed by atoms with E-state index in [0.29, 0.717) is 43.9 Å². The third-order valence-corrected chi connectivity index (χ3v) is 7.22. The van der Waals surface area contributed by atoms with Crippen molar-refractivity contribution in [1.82, 2.24) is 9.80 Å². The van der Waals surface area contributed by atoms with Crippen molar-refractivity contribution in [2.75, 3.05) is 40.5 Å². The number of methoxy groups -OCH3 is 2. The summed E-state index contributed by atoms with van der Waals surface area (Å²) in [4.78, 5) is 32.0. The van der Waals surface area contributed by atoms with Crippen LogP contribution < -0.4 is 4.74 Å². The number of likely N-dealkylation sites (tertiary alicyclic amines) is 2. The fraction of sp³-hybridized carbons (Fsp3) is 0.481. The second kappa shape index (κ2) is 10.6. The smallest absolute Gasteiger partial charge is 0.255 e. The molecule has 2 fully saturated rings. The number of rotatable bonds is 7. The number of amides is 2. The Morgan fingerprint density at radius 1 is 1.12 bits per heavy atom. The number of nitrogens with zero attached hydrogens (tertiary/aromatic N) is 2. The van der Waals surface area contributed by atoms with Crippen molar-refractivity contribution in [3.63, 3.8) is 0 Å². The number of carbonyl (C=O) groups excluding carboxylic acids is 2. The third kappa shape index (κ3) is 4.42. The zero-order chi connectivity index (χ0) is 24.1. The fourth-order valence-electron chi connectivity index (χ4n) is 5.62. The van der Waals surface area contributed by atoms with E-state index in [4.69, 9.17) is 9.47 Å². The lowest BCUT2D eigenvalue weighted by Gasteiger charge is -2.41. The Kier molecular flexibility index (Phi) is 7.54. The normalized spacial score (nSPS) is 25.0. The van der Waals surface area contributed by atoms with Crippen LogP contribution in [0.2, 0.25) is 0 Å². The Morgan fingerprint density at radius 3 is 2.62 bits per heavy atom. The van der Waals surface area contributed by atoms with Gasteiger partial charge < -0.3 is 24.4 Å². The molecule has 0 aromatic heterocycles. The second-order valence-electron chi connectivity index (χ2n) is 9.18. The van der Waals surface area contributed by atoms with Crippen LogP contribution in [-0.2, 0) is 9.53 Å². The molecule has 3 atom stereocenters. The maximum atomic E-state index is 14.2. The van der Waals surface area contributed by atoms with Crippen molar-refractivity contribution >= 4 is 11.8 Å². The number of carbonyl (C=O) groups is 2. The molecule has 2 amide bonds. The van der Waals surface area contributed by atoms with E-state index < -0.39 is 11.6 Å². The third-order valence-electron chi connectivity index (χ3n) is 7.22. The first kappa shape index (κ1) is 24.2. The average Bonchev–Trinajstić information content (AvgIpc) is 3.14. The molecule has 2 aromatic carbocycles. The zero-order valence-electron chi connectivity index (χ0n) is 20.0. The van der Waals surface area contributed by atoms with Crippen LogP contribution in [0.5, 0.6) is 5.75 Å². The van der Waals surface area contributed by atoms with Crippen LogP contribution in [0.4, 0.5) is 0 Å². The number of aliphatic hydroxyl groups is 1. The lowest BCUT2D eigenvalue weighted by Crippen LogP contribution is -2.58. The summed E-state index contributed by atoms with van der Waals surface area (Å²) >= 11 is 0. The van der Waals surface area contributed by atoms with Crippen LogP contribution in [0.1, 0.15) is 47.6 Å². The lowest BCUT2D eigenvalue weighted by molar-refractivity contribution is -0.142. The molecule has 34 heavy (non-hydrogen) atoms. The van der Waals surface area contributed by atoms with Crippen molar-refractivity contribution in [2.24, 2.45) is 5.92 Å². The Hall–Kier alpha value is -2.90. The van der Waals surface area contributed by atoms with Gasteiger partial charge in [0.15, 0.2) is 0 Å². The van der Waals surface area contributed by atoms with Crippen LogP contribution in [0.25, 0.3) is 0 Å². The van der Waals surface area contributed by atoms with E-state index in [-0.39, 0.29) is 24.3 Å². The summed E-state index contributed by atoms with van der Waals surface area (Å²) in [5.41, 5.74) is 0.382. The van der Waals surface area contributed by atoms with E-state index in [1.807, 2.05) is 35.2 Å². The summed E-state index contributed by atoms with van der Waals surface area (Å²) in [6, 6.07) is 16.4. The summed E-state index contributed by atoms with van der Waals surface area (Å²) in [6.45, 7) is 1.47. The first-order valence-electron chi connectivity index (χ1n) is 12.0. The molecule has 2 aromatic rings. The molecule has 2 aliphatic rings. The molecule has 2 aliphatic heterocycles. The molecule has 1 spiro atoms. The highest BCUT2D eigenvalue weighted by molar-refractivity contribution is 6.00. The highest BCUT2D eigenvalue weighted by atomic mass is 16.5. The van der Waals surface area contributed by atoms with Crippen LogP contribution >= 0.6 is 0 Å². The molecule has 4 rings (SSSR count). The summed E-state index contributed by atoms with van der Waals surface area (Å²) in [7, 11) is 3.19. The van der Waals surface area contributed by atoms with Crippen molar-refractivity contribution in [3.05, 3.63) is 65.7 Å². The van der Waals surface area contributed by atoms with Gasteiger partial charge >= 0.3 is 0 Å². The zero-order valence-corrected chi connectivity index (χ0v) is 20.0. The molecule has 7 nitrogen and oxygen atoms in total.